The summed E-state index contributed by atoms with van der Waals surface area (Å²) in [6.07, 6.45) is 0. The number of carbonyl (C=O) groups excluding carboxylic acids is 1. The van der Waals surface area contributed by atoms with Gasteiger partial charge in [-0.05, 0) is 5.92 Å². The molecule has 0 aromatic heterocycles. The average molecular weight is 189 g/mol. The largest absolute Gasteiger partial charge is 0.383 e. The van der Waals surface area contributed by atoms with Gasteiger partial charge in [0.05, 0.1) is 12.6 Å². The fraction of sp³-hybridized carbons (Fsp3) is 0.889. The number of carbonyl (C=O) groups is 1. The van der Waals surface area contributed by atoms with Crippen LogP contribution in [0.1, 0.15) is 13.8 Å². The third-order valence-corrected chi connectivity index (χ3v) is 1.77. The van der Waals surface area contributed by atoms with E-state index in [1.54, 1.807) is 7.11 Å². The second-order valence-corrected chi connectivity index (χ2v) is 3.31. The molecule has 0 aliphatic carbocycles. The molecule has 0 rings (SSSR count). The Morgan fingerprint density at radius 2 is 1.92 bits per heavy atom. The van der Waals surface area contributed by atoms with E-state index in [2.05, 4.69) is 5.32 Å². The Morgan fingerprint density at radius 1 is 1.31 bits per heavy atom. The van der Waals surface area contributed by atoms with Crippen molar-refractivity contribution in [1.29, 1.82) is 0 Å². The van der Waals surface area contributed by atoms with E-state index in [-0.39, 0.29) is 18.6 Å². The van der Waals surface area contributed by atoms with E-state index in [0.29, 0.717) is 12.5 Å². The van der Waals surface area contributed by atoms with Crippen LogP contribution in [-0.4, -0.2) is 39.4 Å². The van der Waals surface area contributed by atoms with Gasteiger partial charge in [-0.3, -0.25) is 4.79 Å². The van der Waals surface area contributed by atoms with Crippen LogP contribution in [0.25, 0.3) is 0 Å². The molecule has 78 valence electrons. The third-order valence-electron chi connectivity index (χ3n) is 1.77. The van der Waals surface area contributed by atoms with E-state index in [1.807, 2.05) is 13.8 Å². The lowest BCUT2D eigenvalue weighted by Crippen LogP contribution is -2.43. The Hall–Kier alpha value is -0.610. The first kappa shape index (κ1) is 12.4. The zero-order chi connectivity index (χ0) is 10.3. The summed E-state index contributed by atoms with van der Waals surface area (Å²) in [5, 5.41) is 2.83. The SMILES string of the molecule is COCC(=O)NC(COC)C(C)C. The maximum atomic E-state index is 11.1. The van der Waals surface area contributed by atoms with Gasteiger partial charge in [-0.1, -0.05) is 13.8 Å². The highest BCUT2D eigenvalue weighted by Crippen LogP contribution is 2.01. The van der Waals surface area contributed by atoms with Crippen molar-refractivity contribution in [1.82, 2.24) is 5.32 Å². The fourth-order valence-corrected chi connectivity index (χ4v) is 0.960. The van der Waals surface area contributed by atoms with E-state index < -0.39 is 0 Å². The van der Waals surface area contributed by atoms with Crippen LogP contribution in [0.15, 0.2) is 0 Å². The van der Waals surface area contributed by atoms with Crippen LogP contribution in [0.3, 0.4) is 0 Å². The van der Waals surface area contributed by atoms with Crippen LogP contribution in [0.5, 0.6) is 0 Å². The summed E-state index contributed by atoms with van der Waals surface area (Å²) < 4.78 is 9.70. The molecular weight excluding hydrogens is 170 g/mol. The van der Waals surface area contributed by atoms with E-state index >= 15 is 0 Å². The first-order valence-electron chi connectivity index (χ1n) is 4.39. The maximum absolute atomic E-state index is 11.1. The molecule has 0 bridgehead atoms. The molecule has 0 aliphatic rings. The molecule has 0 aromatic carbocycles. The van der Waals surface area contributed by atoms with E-state index in [4.69, 9.17) is 9.47 Å². The highest BCUT2D eigenvalue weighted by atomic mass is 16.5. The maximum Gasteiger partial charge on any atom is 0.246 e. The van der Waals surface area contributed by atoms with Crippen LogP contribution in [0.2, 0.25) is 0 Å². The van der Waals surface area contributed by atoms with Gasteiger partial charge in [0.25, 0.3) is 0 Å². The van der Waals surface area contributed by atoms with Crippen LogP contribution >= 0.6 is 0 Å². The molecule has 0 saturated carbocycles. The topological polar surface area (TPSA) is 47.6 Å². The fourth-order valence-electron chi connectivity index (χ4n) is 0.960. The molecule has 1 unspecified atom stereocenters. The van der Waals surface area contributed by atoms with Crippen molar-refractivity contribution in [3.63, 3.8) is 0 Å². The van der Waals surface area contributed by atoms with Gasteiger partial charge in [0.1, 0.15) is 6.61 Å². The van der Waals surface area contributed by atoms with Gasteiger partial charge in [-0.2, -0.15) is 0 Å². The predicted octanol–water partition coefficient (Wildman–Crippen LogP) is 0.420. The van der Waals surface area contributed by atoms with E-state index in [9.17, 15) is 4.79 Å². The Morgan fingerprint density at radius 3 is 2.31 bits per heavy atom. The molecular formula is C9H19NO3. The monoisotopic (exact) mass is 189 g/mol. The lowest BCUT2D eigenvalue weighted by molar-refractivity contribution is -0.126. The lowest BCUT2D eigenvalue weighted by atomic mass is 10.1. The van der Waals surface area contributed by atoms with E-state index in [1.165, 1.54) is 7.11 Å². The molecule has 13 heavy (non-hydrogen) atoms. The molecule has 0 saturated heterocycles. The van der Waals surface area contributed by atoms with Crippen molar-refractivity contribution in [3.05, 3.63) is 0 Å². The summed E-state index contributed by atoms with van der Waals surface area (Å²) in [7, 11) is 3.12. The van der Waals surface area contributed by atoms with Crippen molar-refractivity contribution in [2.24, 2.45) is 5.92 Å². The standard InChI is InChI=1S/C9H19NO3/c1-7(2)8(5-12-3)10-9(11)6-13-4/h7-8H,5-6H2,1-4H3,(H,10,11). The zero-order valence-electron chi connectivity index (χ0n) is 8.79. The summed E-state index contributed by atoms with van der Waals surface area (Å²) in [5.74, 6) is 0.263. The minimum atomic E-state index is -0.0988. The van der Waals surface area contributed by atoms with Gasteiger partial charge in [-0.25, -0.2) is 0 Å². The molecule has 1 atom stereocenters. The molecule has 1 amide bonds. The van der Waals surface area contributed by atoms with Crippen molar-refractivity contribution in [2.75, 3.05) is 27.4 Å². The van der Waals surface area contributed by atoms with Crippen molar-refractivity contribution in [2.45, 2.75) is 19.9 Å². The number of methoxy groups -OCH3 is 2. The summed E-state index contributed by atoms with van der Waals surface area (Å²) in [6.45, 7) is 4.72. The molecule has 4 heteroatoms. The minimum absolute atomic E-state index is 0.0626. The summed E-state index contributed by atoms with van der Waals surface area (Å²) in [4.78, 5) is 11.1. The highest BCUT2D eigenvalue weighted by Gasteiger charge is 2.15. The zero-order valence-corrected chi connectivity index (χ0v) is 8.79. The first-order valence-corrected chi connectivity index (χ1v) is 4.39. The van der Waals surface area contributed by atoms with Crippen LogP contribution < -0.4 is 5.32 Å². The lowest BCUT2D eigenvalue weighted by Gasteiger charge is -2.21. The van der Waals surface area contributed by atoms with Gasteiger partial charge >= 0.3 is 0 Å². The molecule has 0 fully saturated rings. The summed E-state index contributed by atoms with van der Waals surface area (Å²) in [5.41, 5.74) is 0. The van der Waals surface area contributed by atoms with Gasteiger partial charge in [0.2, 0.25) is 5.91 Å². The quantitative estimate of drug-likeness (QED) is 0.658. The molecule has 0 heterocycles. The molecule has 0 spiro atoms. The Kier molecular flexibility index (Phi) is 6.54. The van der Waals surface area contributed by atoms with Gasteiger partial charge in [0, 0.05) is 14.2 Å². The smallest absolute Gasteiger partial charge is 0.246 e. The van der Waals surface area contributed by atoms with Crippen molar-refractivity contribution in [3.8, 4) is 0 Å². The third kappa shape index (κ3) is 5.60. The number of rotatable bonds is 6. The number of ether oxygens (including phenoxy) is 2. The Bertz CT molecular complexity index is 148. The molecule has 4 nitrogen and oxygen atoms in total. The summed E-state index contributed by atoms with van der Waals surface area (Å²) >= 11 is 0. The van der Waals surface area contributed by atoms with Gasteiger partial charge < -0.3 is 14.8 Å². The second kappa shape index (κ2) is 6.86. The number of nitrogens with one attached hydrogen (secondary N) is 1. The van der Waals surface area contributed by atoms with Gasteiger partial charge in [0.15, 0.2) is 0 Å². The van der Waals surface area contributed by atoms with Crippen LogP contribution in [-0.2, 0) is 14.3 Å². The average Bonchev–Trinajstić information content (AvgIpc) is 2.04. The first-order chi connectivity index (χ1) is 6.11. The number of hydrogen-bond acceptors (Lipinski definition) is 3. The highest BCUT2D eigenvalue weighted by molar-refractivity contribution is 5.77. The second-order valence-electron chi connectivity index (χ2n) is 3.31. The molecule has 0 aromatic rings. The number of hydrogen-bond donors (Lipinski definition) is 1. The van der Waals surface area contributed by atoms with Gasteiger partial charge in [-0.15, -0.1) is 0 Å². The van der Waals surface area contributed by atoms with Crippen molar-refractivity contribution < 1.29 is 14.3 Å². The number of amides is 1. The Balaban J connectivity index is 3.86. The molecule has 0 radical (unpaired) electrons. The minimum Gasteiger partial charge on any atom is -0.383 e. The Labute approximate surface area is 79.6 Å². The summed E-state index contributed by atoms with van der Waals surface area (Å²) in [6, 6.07) is 0.0626. The predicted molar refractivity (Wildman–Crippen MR) is 50.5 cm³/mol. The van der Waals surface area contributed by atoms with E-state index in [0.717, 1.165) is 0 Å². The van der Waals surface area contributed by atoms with Crippen LogP contribution in [0, 0.1) is 5.92 Å². The van der Waals surface area contributed by atoms with Crippen molar-refractivity contribution >= 4 is 5.91 Å². The molecule has 1 N–H and O–H groups in total. The normalized spacial score (nSPS) is 13.0. The molecule has 0 aliphatic heterocycles. The van der Waals surface area contributed by atoms with Crippen LogP contribution in [0.4, 0.5) is 0 Å².